The van der Waals surface area contributed by atoms with Gasteiger partial charge >= 0.3 is 6.09 Å². The van der Waals surface area contributed by atoms with E-state index in [0.29, 0.717) is 30.8 Å². The summed E-state index contributed by atoms with van der Waals surface area (Å²) in [5.41, 5.74) is -0.417. The van der Waals surface area contributed by atoms with Gasteiger partial charge < -0.3 is 24.8 Å². The molecular weight excluding hydrogens is 468 g/mol. The van der Waals surface area contributed by atoms with Crippen molar-refractivity contribution in [3.05, 3.63) is 65.7 Å². The molecule has 200 valence electrons. The first-order valence-electron chi connectivity index (χ1n) is 13.0. The van der Waals surface area contributed by atoms with Gasteiger partial charge in [-0.15, -0.1) is 0 Å². The maximum Gasteiger partial charge on any atom is 0.408 e. The van der Waals surface area contributed by atoms with Crippen molar-refractivity contribution in [2.75, 3.05) is 20.2 Å². The number of carbonyl (C=O) groups excluding carboxylic acids is 2. The number of likely N-dealkylation sites (tertiary alicyclic amines) is 1. The van der Waals surface area contributed by atoms with E-state index >= 15 is 0 Å². The largest absolute Gasteiger partial charge is 0.496 e. The van der Waals surface area contributed by atoms with Crippen LogP contribution in [-0.4, -0.2) is 47.8 Å². The molecule has 0 aromatic heterocycles. The summed E-state index contributed by atoms with van der Waals surface area (Å²) in [6.45, 7) is 10.7. The van der Waals surface area contributed by atoms with Gasteiger partial charge in [-0.05, 0) is 56.6 Å². The van der Waals surface area contributed by atoms with Crippen molar-refractivity contribution in [2.24, 2.45) is 17.3 Å². The molecule has 0 bridgehead atoms. The fourth-order valence-electron chi connectivity index (χ4n) is 6.02. The van der Waals surface area contributed by atoms with Crippen LogP contribution in [0.1, 0.15) is 64.6 Å². The number of fused-ring (bicyclic) bond motifs is 1. The molecule has 2 amide bonds. The van der Waals surface area contributed by atoms with E-state index in [4.69, 9.17) is 9.47 Å². The van der Waals surface area contributed by atoms with E-state index < -0.39 is 23.3 Å². The number of benzene rings is 2. The van der Waals surface area contributed by atoms with E-state index in [9.17, 15) is 14.7 Å². The number of para-hydroxylation sites is 1. The number of methoxy groups -OCH3 is 1. The van der Waals surface area contributed by atoms with Crippen LogP contribution in [0.4, 0.5) is 4.79 Å². The Hall–Kier alpha value is -3.06. The van der Waals surface area contributed by atoms with Gasteiger partial charge in [0.25, 0.3) is 0 Å². The zero-order chi connectivity index (χ0) is 27.0. The van der Waals surface area contributed by atoms with Crippen molar-refractivity contribution < 1.29 is 24.2 Å². The van der Waals surface area contributed by atoms with Gasteiger partial charge in [0, 0.05) is 24.6 Å². The second-order valence-electron chi connectivity index (χ2n) is 12.1. The first-order chi connectivity index (χ1) is 17.4. The van der Waals surface area contributed by atoms with Gasteiger partial charge in [0.1, 0.15) is 17.4 Å². The van der Waals surface area contributed by atoms with Crippen molar-refractivity contribution >= 4 is 12.0 Å². The summed E-state index contributed by atoms with van der Waals surface area (Å²) in [6.07, 6.45) is 0.766. The van der Waals surface area contributed by atoms with Crippen molar-refractivity contribution in [2.45, 2.75) is 64.7 Å². The highest BCUT2D eigenvalue weighted by Gasteiger charge is 2.57. The number of nitrogens with one attached hydrogen (secondary N) is 1. The molecule has 2 aromatic carbocycles. The van der Waals surface area contributed by atoms with Crippen molar-refractivity contribution in [1.29, 1.82) is 0 Å². The number of rotatable bonds is 5. The van der Waals surface area contributed by atoms with Gasteiger partial charge in [0.05, 0.1) is 12.7 Å². The molecule has 1 aliphatic heterocycles. The monoisotopic (exact) mass is 508 g/mol. The predicted molar refractivity (Wildman–Crippen MR) is 142 cm³/mol. The van der Waals surface area contributed by atoms with Gasteiger partial charge in [0.2, 0.25) is 5.91 Å². The Morgan fingerprint density at radius 1 is 1.00 bits per heavy atom. The maximum atomic E-state index is 14.0. The van der Waals surface area contributed by atoms with Gasteiger partial charge in [-0.1, -0.05) is 62.4 Å². The topological polar surface area (TPSA) is 88.1 Å². The van der Waals surface area contributed by atoms with Gasteiger partial charge in [0.15, 0.2) is 0 Å². The second kappa shape index (κ2) is 10.0. The zero-order valence-electron chi connectivity index (χ0n) is 22.8. The SMILES string of the molecule is COc1ccccc1[C@]1(O)CCC(C)(C)[C@H]2CN(C(=O)[C@@H](NC(=O)OC(C)(C)C)c3ccccc3)C[C@H]21. The van der Waals surface area contributed by atoms with Crippen LogP contribution >= 0.6 is 0 Å². The van der Waals surface area contributed by atoms with E-state index in [1.165, 1.54) is 0 Å². The first-order valence-corrected chi connectivity index (χ1v) is 13.0. The minimum atomic E-state index is -1.12. The van der Waals surface area contributed by atoms with E-state index in [2.05, 4.69) is 19.2 Å². The summed E-state index contributed by atoms with van der Waals surface area (Å²) in [4.78, 5) is 28.5. The molecule has 1 heterocycles. The van der Waals surface area contributed by atoms with Crippen LogP contribution in [0.3, 0.4) is 0 Å². The number of ether oxygens (including phenoxy) is 2. The zero-order valence-corrected chi connectivity index (χ0v) is 22.8. The van der Waals surface area contributed by atoms with Crippen LogP contribution in [-0.2, 0) is 15.1 Å². The minimum Gasteiger partial charge on any atom is -0.496 e. The molecule has 1 aliphatic carbocycles. The average molecular weight is 509 g/mol. The maximum absolute atomic E-state index is 14.0. The molecule has 4 rings (SSSR count). The van der Waals surface area contributed by atoms with Crippen LogP contribution in [0.25, 0.3) is 0 Å². The molecular formula is C30H40N2O5. The van der Waals surface area contributed by atoms with E-state index in [1.54, 1.807) is 32.8 Å². The third-order valence-electron chi connectivity index (χ3n) is 8.01. The first kappa shape index (κ1) is 27.0. The fraction of sp³-hybridized carbons (Fsp3) is 0.533. The molecule has 7 heteroatoms. The van der Waals surface area contributed by atoms with Gasteiger partial charge in [-0.3, -0.25) is 4.79 Å². The summed E-state index contributed by atoms with van der Waals surface area (Å²) in [5.74, 6) is 0.360. The van der Waals surface area contributed by atoms with E-state index in [0.717, 1.165) is 12.0 Å². The summed E-state index contributed by atoms with van der Waals surface area (Å²) in [6, 6.07) is 15.9. The van der Waals surface area contributed by atoms with Crippen molar-refractivity contribution in [3.8, 4) is 5.75 Å². The Kier molecular flexibility index (Phi) is 7.30. The standard InChI is InChI=1S/C30H40N2O5/c1-28(2,3)37-27(34)31-25(20-12-8-7-9-13-20)26(33)32-18-22-23(19-32)30(35,17-16-29(22,4)5)21-14-10-11-15-24(21)36-6/h7-15,22-23,25,35H,16-19H2,1-6H3,(H,31,34)/t22-,23+,25-,30+/m0/s1. The van der Waals surface area contributed by atoms with Crippen LogP contribution in [0.2, 0.25) is 0 Å². The molecule has 2 fully saturated rings. The molecule has 7 nitrogen and oxygen atoms in total. The number of hydrogen-bond acceptors (Lipinski definition) is 5. The number of hydrogen-bond donors (Lipinski definition) is 2. The van der Waals surface area contributed by atoms with Crippen LogP contribution < -0.4 is 10.1 Å². The van der Waals surface area contributed by atoms with Crippen LogP contribution in [0, 0.1) is 17.3 Å². The summed E-state index contributed by atoms with van der Waals surface area (Å²) in [5, 5.41) is 15.0. The molecule has 4 atom stereocenters. The second-order valence-corrected chi connectivity index (χ2v) is 12.1. The molecule has 0 radical (unpaired) electrons. The Morgan fingerprint density at radius 3 is 2.27 bits per heavy atom. The van der Waals surface area contributed by atoms with Gasteiger partial charge in [-0.25, -0.2) is 4.79 Å². The molecule has 1 saturated carbocycles. The van der Waals surface area contributed by atoms with E-state index in [1.807, 2.05) is 54.6 Å². The minimum absolute atomic E-state index is 0.0607. The van der Waals surface area contributed by atoms with E-state index in [-0.39, 0.29) is 23.2 Å². The highest BCUT2D eigenvalue weighted by Crippen LogP contribution is 2.56. The lowest BCUT2D eigenvalue weighted by molar-refractivity contribution is -0.133. The third-order valence-corrected chi connectivity index (χ3v) is 8.01. The molecule has 2 N–H and O–H groups in total. The number of amides is 2. The van der Waals surface area contributed by atoms with Crippen LogP contribution in [0.15, 0.2) is 54.6 Å². The average Bonchev–Trinajstić information content (AvgIpc) is 3.32. The number of alkyl carbamates (subject to hydrolysis) is 1. The fourth-order valence-corrected chi connectivity index (χ4v) is 6.02. The summed E-state index contributed by atoms with van der Waals surface area (Å²) >= 11 is 0. The summed E-state index contributed by atoms with van der Waals surface area (Å²) < 4.78 is 11.1. The quantitative estimate of drug-likeness (QED) is 0.591. The van der Waals surface area contributed by atoms with Gasteiger partial charge in [-0.2, -0.15) is 0 Å². The van der Waals surface area contributed by atoms with Crippen molar-refractivity contribution in [3.63, 3.8) is 0 Å². The summed E-state index contributed by atoms with van der Waals surface area (Å²) in [7, 11) is 1.61. The lowest BCUT2D eigenvalue weighted by Crippen LogP contribution is -2.49. The number of carbonyl (C=O) groups is 2. The third kappa shape index (κ3) is 5.47. The lowest BCUT2D eigenvalue weighted by Gasteiger charge is -2.49. The molecule has 0 spiro atoms. The molecule has 37 heavy (non-hydrogen) atoms. The van der Waals surface area contributed by atoms with Crippen molar-refractivity contribution in [1.82, 2.24) is 10.2 Å². The number of aliphatic hydroxyl groups is 1. The predicted octanol–water partition coefficient (Wildman–Crippen LogP) is 5.04. The molecule has 2 aromatic rings. The highest BCUT2D eigenvalue weighted by atomic mass is 16.6. The Morgan fingerprint density at radius 2 is 1.62 bits per heavy atom. The Bertz CT molecular complexity index is 1130. The smallest absolute Gasteiger partial charge is 0.408 e. The highest BCUT2D eigenvalue weighted by molar-refractivity contribution is 5.87. The Balaban J connectivity index is 1.66. The number of nitrogens with zero attached hydrogens (tertiary/aromatic N) is 1. The normalized spacial score (nSPS) is 25.6. The molecule has 1 saturated heterocycles. The Labute approximate surface area is 220 Å². The lowest BCUT2D eigenvalue weighted by atomic mass is 9.57. The van der Waals surface area contributed by atoms with Crippen LogP contribution in [0.5, 0.6) is 5.75 Å². The molecule has 0 unspecified atom stereocenters. The molecule has 2 aliphatic rings.